The van der Waals surface area contributed by atoms with Crippen molar-refractivity contribution in [3.63, 3.8) is 0 Å². The topological polar surface area (TPSA) is 54.8 Å². The number of carbonyl (C=O) groups is 1. The molecule has 164 valence electrons. The van der Waals surface area contributed by atoms with Crippen LogP contribution in [0.25, 0.3) is 0 Å². The molecule has 0 unspecified atom stereocenters. The Bertz CT molecular complexity index is 885. The van der Waals surface area contributed by atoms with Gasteiger partial charge in [-0.3, -0.25) is 14.8 Å². The summed E-state index contributed by atoms with van der Waals surface area (Å²) >= 11 is 0. The molecular weight excluding hydrogens is 386 g/mol. The summed E-state index contributed by atoms with van der Waals surface area (Å²) < 4.78 is 6.25. The maximum Gasteiger partial charge on any atom is 0.154 e. The summed E-state index contributed by atoms with van der Waals surface area (Å²) in [4.78, 5) is 23.9. The summed E-state index contributed by atoms with van der Waals surface area (Å²) in [6.45, 7) is 4.03. The predicted molar refractivity (Wildman–Crippen MR) is 124 cm³/mol. The van der Waals surface area contributed by atoms with Crippen molar-refractivity contribution in [1.82, 2.24) is 9.88 Å². The number of benzene rings is 1. The van der Waals surface area contributed by atoms with Gasteiger partial charge in [0.2, 0.25) is 0 Å². The Morgan fingerprint density at radius 3 is 2.58 bits per heavy atom. The number of hydrogen-bond acceptors (Lipinski definition) is 4. The largest absolute Gasteiger partial charge is 0.490 e. The molecule has 31 heavy (non-hydrogen) atoms. The normalized spacial score (nSPS) is 17.6. The van der Waals surface area contributed by atoms with E-state index in [1.807, 2.05) is 36.4 Å². The molecule has 2 fully saturated rings. The Labute approximate surface area is 185 Å². The van der Waals surface area contributed by atoms with Gasteiger partial charge in [-0.15, -0.1) is 0 Å². The number of hydrogen-bond donors (Lipinski definition) is 0. The fourth-order valence-electron chi connectivity index (χ4n) is 4.13. The average molecular weight is 420 g/mol. The fourth-order valence-corrected chi connectivity index (χ4v) is 4.13. The SMILES string of the molecule is Cc1ccccc1OC1CCN(C(=NCC(=O)CCCC2CC2)c2ccccn2)CC1. The summed E-state index contributed by atoms with van der Waals surface area (Å²) in [5, 5.41) is 0. The molecule has 0 radical (unpaired) electrons. The van der Waals surface area contributed by atoms with Gasteiger partial charge in [0, 0.05) is 38.5 Å². The van der Waals surface area contributed by atoms with E-state index in [0.29, 0.717) is 6.42 Å². The zero-order chi connectivity index (χ0) is 21.5. The number of piperidine rings is 1. The van der Waals surface area contributed by atoms with Crippen molar-refractivity contribution in [2.75, 3.05) is 19.6 Å². The van der Waals surface area contributed by atoms with E-state index in [0.717, 1.165) is 55.5 Å². The first-order chi connectivity index (χ1) is 15.2. The van der Waals surface area contributed by atoms with Gasteiger partial charge in [-0.25, -0.2) is 0 Å². The molecule has 0 spiro atoms. The third-order valence-corrected chi connectivity index (χ3v) is 6.19. The number of pyridine rings is 1. The standard InChI is InChI=1S/C26H33N3O2/c1-20-7-2-3-11-25(20)31-23-14-17-29(18-15-23)26(24-10-4-5-16-27-24)28-19-22(30)9-6-8-21-12-13-21/h2-5,7,10-11,16,21,23H,6,8-9,12-15,17-19H2,1H3. The molecule has 1 aliphatic carbocycles. The molecule has 1 aromatic carbocycles. The van der Waals surface area contributed by atoms with E-state index in [-0.39, 0.29) is 18.4 Å². The molecule has 5 heteroatoms. The average Bonchev–Trinajstić information content (AvgIpc) is 3.62. The number of ketones is 1. The third-order valence-electron chi connectivity index (χ3n) is 6.19. The molecule has 2 aromatic rings. The van der Waals surface area contributed by atoms with Crippen LogP contribution in [0.3, 0.4) is 0 Å². The molecule has 1 aromatic heterocycles. The number of aryl methyl sites for hydroxylation is 1. The van der Waals surface area contributed by atoms with Gasteiger partial charge in [-0.1, -0.05) is 43.5 Å². The summed E-state index contributed by atoms with van der Waals surface area (Å²) in [6, 6.07) is 14.0. The minimum atomic E-state index is 0.200. The molecule has 2 heterocycles. The lowest BCUT2D eigenvalue weighted by Gasteiger charge is -2.34. The van der Waals surface area contributed by atoms with Crippen LogP contribution in [-0.2, 0) is 4.79 Å². The van der Waals surface area contributed by atoms with Crippen molar-refractivity contribution in [2.45, 2.75) is 58.0 Å². The summed E-state index contributed by atoms with van der Waals surface area (Å²) in [6.07, 6.45) is 9.37. The van der Waals surface area contributed by atoms with Gasteiger partial charge in [0.1, 0.15) is 23.4 Å². The van der Waals surface area contributed by atoms with Crippen LogP contribution in [-0.4, -0.2) is 47.2 Å². The lowest BCUT2D eigenvalue weighted by atomic mass is 10.1. The van der Waals surface area contributed by atoms with Gasteiger partial charge >= 0.3 is 0 Å². The van der Waals surface area contributed by atoms with Crippen LogP contribution in [0.15, 0.2) is 53.7 Å². The van der Waals surface area contributed by atoms with Crippen LogP contribution in [0, 0.1) is 12.8 Å². The lowest BCUT2D eigenvalue weighted by Crippen LogP contribution is -2.42. The number of carbonyl (C=O) groups excluding carboxylic acids is 1. The Hall–Kier alpha value is -2.69. The zero-order valence-electron chi connectivity index (χ0n) is 18.5. The van der Waals surface area contributed by atoms with E-state index in [2.05, 4.69) is 22.9 Å². The quantitative estimate of drug-likeness (QED) is 0.432. The van der Waals surface area contributed by atoms with Gasteiger partial charge in [0.25, 0.3) is 0 Å². The van der Waals surface area contributed by atoms with Crippen molar-refractivity contribution >= 4 is 11.6 Å². The molecule has 4 rings (SSSR count). The third kappa shape index (κ3) is 6.39. The minimum Gasteiger partial charge on any atom is -0.490 e. The number of aliphatic imine (C=N–C) groups is 1. The van der Waals surface area contributed by atoms with Gasteiger partial charge in [0.05, 0.1) is 6.54 Å². The first-order valence-electron chi connectivity index (χ1n) is 11.6. The fraction of sp³-hybridized carbons (Fsp3) is 0.500. The van der Waals surface area contributed by atoms with E-state index in [1.165, 1.54) is 24.8 Å². The van der Waals surface area contributed by atoms with Crippen LogP contribution in [0.1, 0.15) is 56.2 Å². The van der Waals surface area contributed by atoms with E-state index in [9.17, 15) is 4.79 Å². The van der Waals surface area contributed by atoms with Crippen molar-refractivity contribution in [2.24, 2.45) is 10.9 Å². The highest BCUT2D eigenvalue weighted by molar-refractivity contribution is 5.98. The second-order valence-corrected chi connectivity index (χ2v) is 8.80. The highest BCUT2D eigenvalue weighted by Gasteiger charge is 2.25. The van der Waals surface area contributed by atoms with Crippen LogP contribution in [0.2, 0.25) is 0 Å². The van der Waals surface area contributed by atoms with E-state index >= 15 is 0 Å². The Balaban J connectivity index is 1.35. The highest BCUT2D eigenvalue weighted by atomic mass is 16.5. The number of ether oxygens (including phenoxy) is 1. The molecule has 0 amide bonds. The van der Waals surface area contributed by atoms with Crippen LogP contribution < -0.4 is 4.74 Å². The van der Waals surface area contributed by atoms with Crippen molar-refractivity contribution in [3.8, 4) is 5.75 Å². The Morgan fingerprint density at radius 2 is 1.87 bits per heavy atom. The monoisotopic (exact) mass is 419 g/mol. The second kappa shape index (κ2) is 10.6. The van der Waals surface area contributed by atoms with Gasteiger partial charge in [0.15, 0.2) is 5.78 Å². The molecular formula is C26H33N3O2. The lowest BCUT2D eigenvalue weighted by molar-refractivity contribution is -0.117. The van der Waals surface area contributed by atoms with Crippen LogP contribution in [0.4, 0.5) is 0 Å². The number of nitrogens with zero attached hydrogens (tertiary/aromatic N) is 3. The van der Waals surface area contributed by atoms with E-state index < -0.39 is 0 Å². The van der Waals surface area contributed by atoms with Gasteiger partial charge < -0.3 is 9.64 Å². The Morgan fingerprint density at radius 1 is 1.10 bits per heavy atom. The first kappa shape index (κ1) is 21.5. The number of Topliss-reactive ketones (excluding diaryl/α,β-unsaturated/α-hetero) is 1. The van der Waals surface area contributed by atoms with Crippen molar-refractivity contribution in [1.29, 1.82) is 0 Å². The molecule has 1 saturated heterocycles. The number of rotatable bonds is 9. The number of para-hydroxylation sites is 1. The minimum absolute atomic E-state index is 0.200. The zero-order valence-corrected chi connectivity index (χ0v) is 18.5. The van der Waals surface area contributed by atoms with Crippen molar-refractivity contribution in [3.05, 3.63) is 59.9 Å². The maximum atomic E-state index is 12.4. The molecule has 0 atom stereocenters. The van der Waals surface area contributed by atoms with Crippen molar-refractivity contribution < 1.29 is 9.53 Å². The molecule has 0 bridgehead atoms. The molecule has 2 aliphatic rings. The summed E-state index contributed by atoms with van der Waals surface area (Å²) in [5.74, 6) is 2.91. The predicted octanol–water partition coefficient (Wildman–Crippen LogP) is 4.83. The first-order valence-corrected chi connectivity index (χ1v) is 11.6. The molecule has 5 nitrogen and oxygen atoms in total. The summed E-state index contributed by atoms with van der Waals surface area (Å²) in [7, 11) is 0. The van der Waals surface area contributed by atoms with Crippen LogP contribution in [0.5, 0.6) is 5.75 Å². The maximum absolute atomic E-state index is 12.4. The van der Waals surface area contributed by atoms with E-state index in [4.69, 9.17) is 9.73 Å². The molecule has 0 N–H and O–H groups in total. The van der Waals surface area contributed by atoms with Crippen LogP contribution >= 0.6 is 0 Å². The molecule has 1 aliphatic heterocycles. The van der Waals surface area contributed by atoms with E-state index in [1.54, 1.807) is 6.20 Å². The summed E-state index contributed by atoms with van der Waals surface area (Å²) in [5.41, 5.74) is 2.01. The number of aromatic nitrogens is 1. The van der Waals surface area contributed by atoms with Gasteiger partial charge in [-0.2, -0.15) is 0 Å². The second-order valence-electron chi connectivity index (χ2n) is 8.80. The Kier molecular flexibility index (Phi) is 7.34. The van der Waals surface area contributed by atoms with Gasteiger partial charge in [-0.05, 0) is 43.0 Å². The number of amidine groups is 1. The smallest absolute Gasteiger partial charge is 0.154 e. The highest BCUT2D eigenvalue weighted by Crippen LogP contribution is 2.33. The molecule has 1 saturated carbocycles. The number of likely N-dealkylation sites (tertiary alicyclic amines) is 1.